The molecule has 138 valence electrons. The van der Waals surface area contributed by atoms with E-state index in [1.54, 1.807) is 13.2 Å². The highest BCUT2D eigenvalue weighted by Gasteiger charge is 2.54. The van der Waals surface area contributed by atoms with Gasteiger partial charge in [0.2, 0.25) is 0 Å². The van der Waals surface area contributed by atoms with Gasteiger partial charge in [-0.05, 0) is 50.0 Å². The Labute approximate surface area is 160 Å². The minimum atomic E-state index is 0.391. The summed E-state index contributed by atoms with van der Waals surface area (Å²) in [4.78, 5) is 9.78. The molecule has 4 fully saturated rings. The summed E-state index contributed by atoms with van der Waals surface area (Å²) in [7, 11) is 1.76. The number of aromatic nitrogens is 1. The summed E-state index contributed by atoms with van der Waals surface area (Å²) < 4.78 is 5.70. The third-order valence-corrected chi connectivity index (χ3v) is 6.68. The largest absolute Gasteiger partial charge is 0.496 e. The number of anilines is 1. The van der Waals surface area contributed by atoms with Crippen molar-refractivity contribution in [3.05, 3.63) is 53.7 Å². The Morgan fingerprint density at radius 3 is 2.67 bits per heavy atom. The molecule has 3 atom stereocenters. The molecule has 0 radical (unpaired) electrons. The topological polar surface area (TPSA) is 52.4 Å². The number of ether oxygens (including phenoxy) is 1. The van der Waals surface area contributed by atoms with Crippen LogP contribution in [0, 0.1) is 17.2 Å². The minimum Gasteiger partial charge on any atom is -0.496 e. The van der Waals surface area contributed by atoms with Gasteiger partial charge in [-0.15, -0.1) is 0 Å². The Balaban J connectivity index is 1.59. The molecule has 0 N–H and O–H groups in total. The lowest BCUT2D eigenvalue weighted by atomic mass is 9.75. The predicted molar refractivity (Wildman–Crippen MR) is 104 cm³/mol. The van der Waals surface area contributed by atoms with Crippen LogP contribution in [0.15, 0.2) is 42.5 Å². The van der Waals surface area contributed by atoms with Crippen LogP contribution in [0.1, 0.15) is 30.0 Å². The molecular weight excluding hydrogens is 336 g/mol. The molecule has 0 saturated carbocycles. The molecule has 5 nitrogen and oxygen atoms in total. The third-order valence-electron chi connectivity index (χ3n) is 6.68. The Bertz CT molecular complexity index is 884. The molecule has 0 amide bonds. The van der Waals surface area contributed by atoms with Gasteiger partial charge in [-0.3, -0.25) is 4.90 Å². The first-order valence-corrected chi connectivity index (χ1v) is 9.81. The normalized spacial score (nSPS) is 31.4. The number of hydrogen-bond acceptors (Lipinski definition) is 5. The Kier molecular flexibility index (Phi) is 4.02. The number of benzene rings is 1. The Morgan fingerprint density at radius 1 is 1.07 bits per heavy atom. The summed E-state index contributed by atoms with van der Waals surface area (Å²) in [5.74, 6) is 3.01. The lowest BCUT2D eigenvalue weighted by molar-refractivity contribution is 0.0352. The monoisotopic (exact) mass is 360 g/mol. The molecule has 4 saturated heterocycles. The van der Waals surface area contributed by atoms with Gasteiger partial charge in [-0.25, -0.2) is 4.98 Å². The average molecular weight is 360 g/mol. The Morgan fingerprint density at radius 2 is 1.89 bits per heavy atom. The molecule has 1 aromatic heterocycles. The summed E-state index contributed by atoms with van der Waals surface area (Å²) >= 11 is 0. The SMILES string of the molecule is COc1ccccc1[C@@H]1CN(c2cccc(C#N)n2)[C@@H]2C3CCN(CC3)[C@@H]21. The smallest absolute Gasteiger partial charge is 0.142 e. The van der Waals surface area contributed by atoms with E-state index in [2.05, 4.69) is 45.1 Å². The van der Waals surface area contributed by atoms with Gasteiger partial charge in [0.05, 0.1) is 7.11 Å². The van der Waals surface area contributed by atoms with Crippen molar-refractivity contribution in [3.63, 3.8) is 0 Å². The van der Waals surface area contributed by atoms with Crippen molar-refractivity contribution >= 4 is 5.82 Å². The van der Waals surface area contributed by atoms with Gasteiger partial charge < -0.3 is 9.64 Å². The van der Waals surface area contributed by atoms with Crippen LogP contribution >= 0.6 is 0 Å². The number of rotatable bonds is 3. The van der Waals surface area contributed by atoms with Crippen LogP contribution < -0.4 is 9.64 Å². The first-order chi connectivity index (χ1) is 13.3. The highest BCUT2D eigenvalue weighted by Crippen LogP contribution is 2.49. The zero-order valence-corrected chi connectivity index (χ0v) is 15.6. The summed E-state index contributed by atoms with van der Waals surface area (Å²) in [6.07, 6.45) is 2.52. The van der Waals surface area contributed by atoms with E-state index in [0.717, 1.165) is 18.1 Å². The molecule has 1 aromatic carbocycles. The number of nitriles is 1. The fourth-order valence-electron chi connectivity index (χ4n) is 5.57. The molecule has 4 aliphatic heterocycles. The first kappa shape index (κ1) is 16.6. The summed E-state index contributed by atoms with van der Waals surface area (Å²) in [6.45, 7) is 3.30. The number of pyridine rings is 1. The molecule has 6 rings (SSSR count). The van der Waals surface area contributed by atoms with Crippen molar-refractivity contribution in [1.82, 2.24) is 9.88 Å². The van der Waals surface area contributed by atoms with Crippen LogP contribution in [0.4, 0.5) is 5.82 Å². The molecule has 4 aliphatic rings. The van der Waals surface area contributed by atoms with Crippen LogP contribution in [0.3, 0.4) is 0 Å². The van der Waals surface area contributed by atoms with E-state index in [-0.39, 0.29) is 0 Å². The molecule has 0 aliphatic carbocycles. The number of para-hydroxylation sites is 1. The van der Waals surface area contributed by atoms with Crippen molar-refractivity contribution < 1.29 is 4.74 Å². The second kappa shape index (κ2) is 6.54. The van der Waals surface area contributed by atoms with Crippen molar-refractivity contribution in [3.8, 4) is 11.8 Å². The lowest BCUT2D eigenvalue weighted by Gasteiger charge is -2.51. The van der Waals surface area contributed by atoms with E-state index in [4.69, 9.17) is 4.74 Å². The van der Waals surface area contributed by atoms with Crippen LogP contribution in [-0.2, 0) is 0 Å². The van der Waals surface area contributed by atoms with Gasteiger partial charge in [-0.2, -0.15) is 5.26 Å². The molecule has 5 heteroatoms. The molecule has 2 bridgehead atoms. The maximum atomic E-state index is 9.29. The van der Waals surface area contributed by atoms with Gasteiger partial charge >= 0.3 is 0 Å². The van der Waals surface area contributed by atoms with E-state index >= 15 is 0 Å². The third kappa shape index (κ3) is 2.59. The van der Waals surface area contributed by atoms with E-state index in [0.29, 0.717) is 29.6 Å². The van der Waals surface area contributed by atoms with Crippen LogP contribution in [0.25, 0.3) is 0 Å². The Hall–Kier alpha value is -2.58. The number of nitrogens with zero attached hydrogens (tertiary/aromatic N) is 4. The van der Waals surface area contributed by atoms with Crippen molar-refractivity contribution in [2.45, 2.75) is 30.8 Å². The van der Waals surface area contributed by atoms with E-state index < -0.39 is 0 Å². The molecule has 5 heterocycles. The zero-order chi connectivity index (χ0) is 18.4. The van der Waals surface area contributed by atoms with Gasteiger partial charge in [0, 0.05) is 30.1 Å². The van der Waals surface area contributed by atoms with Gasteiger partial charge in [0.25, 0.3) is 0 Å². The number of methoxy groups -OCH3 is 1. The van der Waals surface area contributed by atoms with Gasteiger partial charge in [0.1, 0.15) is 23.3 Å². The van der Waals surface area contributed by atoms with Crippen LogP contribution in [-0.4, -0.2) is 48.7 Å². The number of piperidine rings is 3. The molecular formula is C22H24N4O. The maximum Gasteiger partial charge on any atom is 0.142 e. The molecule has 2 aromatic rings. The van der Waals surface area contributed by atoms with E-state index in [9.17, 15) is 5.26 Å². The van der Waals surface area contributed by atoms with E-state index in [1.807, 2.05) is 12.1 Å². The first-order valence-electron chi connectivity index (χ1n) is 9.81. The van der Waals surface area contributed by atoms with Crippen molar-refractivity contribution in [2.75, 3.05) is 31.6 Å². The molecule has 0 spiro atoms. The second-order valence-electron chi connectivity index (χ2n) is 7.85. The number of hydrogen-bond donors (Lipinski definition) is 0. The minimum absolute atomic E-state index is 0.391. The molecule has 0 unspecified atom stereocenters. The molecule has 27 heavy (non-hydrogen) atoms. The average Bonchev–Trinajstić information content (AvgIpc) is 3.17. The van der Waals surface area contributed by atoms with Crippen molar-refractivity contribution in [1.29, 1.82) is 5.26 Å². The lowest BCUT2D eigenvalue weighted by Crippen LogP contribution is -2.60. The number of fused-ring (bicyclic) bond motifs is 2. The van der Waals surface area contributed by atoms with Gasteiger partial charge in [0.15, 0.2) is 0 Å². The fourth-order valence-corrected chi connectivity index (χ4v) is 5.57. The summed E-state index contributed by atoms with van der Waals surface area (Å²) in [6, 6.07) is 17.4. The van der Waals surface area contributed by atoms with Gasteiger partial charge in [-0.1, -0.05) is 24.3 Å². The fraction of sp³-hybridized carbons (Fsp3) is 0.455. The standard InChI is InChI=1S/C22H24N4O/c1-27-19-7-3-2-6-17(19)18-14-26(20-8-4-5-16(13-23)24-20)21-15-9-11-25(12-10-15)22(18)21/h2-8,15,18,21-22H,9-12,14H2,1H3/t18-,21+,22+/m0/s1. The van der Waals surface area contributed by atoms with Crippen molar-refractivity contribution in [2.24, 2.45) is 5.92 Å². The highest BCUT2D eigenvalue weighted by atomic mass is 16.5. The highest BCUT2D eigenvalue weighted by molar-refractivity contribution is 5.50. The van der Waals surface area contributed by atoms with E-state index in [1.165, 1.54) is 31.5 Å². The summed E-state index contributed by atoms with van der Waals surface area (Å²) in [5.41, 5.74) is 1.78. The predicted octanol–water partition coefficient (Wildman–Crippen LogP) is 3.03. The van der Waals surface area contributed by atoms with Crippen LogP contribution in [0.2, 0.25) is 0 Å². The quantitative estimate of drug-likeness (QED) is 0.842. The summed E-state index contributed by atoms with van der Waals surface area (Å²) in [5, 5.41) is 9.29. The second-order valence-corrected chi connectivity index (χ2v) is 7.85. The zero-order valence-electron chi connectivity index (χ0n) is 15.6. The van der Waals surface area contributed by atoms with Crippen LogP contribution in [0.5, 0.6) is 5.75 Å². The maximum absolute atomic E-state index is 9.29.